The first-order chi connectivity index (χ1) is 10.8. The summed E-state index contributed by atoms with van der Waals surface area (Å²) in [4.78, 5) is 2.39. The minimum Gasteiger partial charge on any atom is -0.383 e. The van der Waals surface area contributed by atoms with Gasteiger partial charge in [-0.15, -0.1) is 0 Å². The van der Waals surface area contributed by atoms with E-state index >= 15 is 0 Å². The summed E-state index contributed by atoms with van der Waals surface area (Å²) in [5, 5.41) is 4.46. The van der Waals surface area contributed by atoms with E-state index in [-0.39, 0.29) is 0 Å². The molecule has 2 aliphatic rings. The van der Waals surface area contributed by atoms with Crippen LogP contribution in [0.3, 0.4) is 0 Å². The molecule has 0 aromatic heterocycles. The highest BCUT2D eigenvalue weighted by Crippen LogP contribution is 2.35. The summed E-state index contributed by atoms with van der Waals surface area (Å²) in [5.74, 6) is 0.748. The second-order valence-electron chi connectivity index (χ2n) is 6.24. The number of methoxy groups -OCH3 is 1. The Kier molecular flexibility index (Phi) is 5.58. The Labute approximate surface area is 137 Å². The molecule has 5 heteroatoms. The van der Waals surface area contributed by atoms with Crippen molar-refractivity contribution < 1.29 is 9.47 Å². The van der Waals surface area contributed by atoms with E-state index < -0.39 is 0 Å². The molecule has 3 rings (SSSR count). The topological polar surface area (TPSA) is 33.7 Å². The molecule has 1 aliphatic heterocycles. The molecule has 1 saturated heterocycles. The van der Waals surface area contributed by atoms with Crippen LogP contribution in [0.2, 0.25) is 5.02 Å². The molecule has 122 valence electrons. The molecule has 1 N–H and O–H groups in total. The van der Waals surface area contributed by atoms with Crippen molar-refractivity contribution >= 4 is 17.3 Å². The van der Waals surface area contributed by atoms with Crippen LogP contribution in [0.5, 0.6) is 0 Å². The smallest absolute Gasteiger partial charge is 0.0666 e. The highest BCUT2D eigenvalue weighted by Gasteiger charge is 2.31. The average Bonchev–Trinajstić information content (AvgIpc) is 3.36. The van der Waals surface area contributed by atoms with Crippen molar-refractivity contribution in [3.63, 3.8) is 0 Å². The van der Waals surface area contributed by atoms with Crippen LogP contribution >= 0.6 is 11.6 Å². The molecule has 1 atom stereocenters. The summed E-state index contributed by atoms with van der Waals surface area (Å²) < 4.78 is 10.7. The maximum Gasteiger partial charge on any atom is 0.0666 e. The Morgan fingerprint density at radius 3 is 2.82 bits per heavy atom. The SMILES string of the molecule is COC[C@H](Nc1ccc(Cl)c(CN2CCOCC2)c1)C1CC1. The van der Waals surface area contributed by atoms with Crippen LogP contribution in [-0.4, -0.2) is 51.0 Å². The largest absolute Gasteiger partial charge is 0.383 e. The second kappa shape index (κ2) is 7.64. The number of hydrogen-bond donors (Lipinski definition) is 1. The van der Waals surface area contributed by atoms with Gasteiger partial charge >= 0.3 is 0 Å². The van der Waals surface area contributed by atoms with Gasteiger partial charge in [-0.1, -0.05) is 11.6 Å². The number of hydrogen-bond acceptors (Lipinski definition) is 4. The summed E-state index contributed by atoms with van der Waals surface area (Å²) >= 11 is 6.38. The molecular weight excluding hydrogens is 300 g/mol. The number of morpholine rings is 1. The lowest BCUT2D eigenvalue weighted by Gasteiger charge is -2.27. The van der Waals surface area contributed by atoms with Gasteiger partial charge < -0.3 is 14.8 Å². The standard InChI is InChI=1S/C17H25ClN2O2/c1-21-12-17(13-2-3-13)19-15-4-5-16(18)14(10-15)11-20-6-8-22-9-7-20/h4-5,10,13,17,19H,2-3,6-9,11-12H2,1H3/t17-/m0/s1. The molecule has 1 aromatic rings. The quantitative estimate of drug-likeness (QED) is 0.836. The number of benzene rings is 1. The second-order valence-corrected chi connectivity index (χ2v) is 6.65. The van der Waals surface area contributed by atoms with Crippen molar-refractivity contribution in [3.05, 3.63) is 28.8 Å². The molecule has 0 unspecified atom stereocenters. The fraction of sp³-hybridized carbons (Fsp3) is 0.647. The summed E-state index contributed by atoms with van der Waals surface area (Å²) in [6.07, 6.45) is 2.60. The van der Waals surface area contributed by atoms with Crippen molar-refractivity contribution in [1.29, 1.82) is 0 Å². The summed E-state index contributed by atoms with van der Waals surface area (Å²) in [6, 6.07) is 6.65. The van der Waals surface area contributed by atoms with Crippen molar-refractivity contribution in [2.45, 2.75) is 25.4 Å². The lowest BCUT2D eigenvalue weighted by molar-refractivity contribution is 0.0342. The van der Waals surface area contributed by atoms with Crippen LogP contribution in [0.4, 0.5) is 5.69 Å². The monoisotopic (exact) mass is 324 g/mol. The molecule has 1 aliphatic carbocycles. The van der Waals surface area contributed by atoms with Gasteiger partial charge in [0.05, 0.1) is 25.9 Å². The van der Waals surface area contributed by atoms with E-state index in [4.69, 9.17) is 21.1 Å². The van der Waals surface area contributed by atoms with Gasteiger partial charge in [-0.3, -0.25) is 4.90 Å². The average molecular weight is 325 g/mol. The van der Waals surface area contributed by atoms with E-state index in [1.54, 1.807) is 7.11 Å². The Morgan fingerprint density at radius 1 is 1.36 bits per heavy atom. The highest BCUT2D eigenvalue weighted by molar-refractivity contribution is 6.31. The van der Waals surface area contributed by atoms with Crippen molar-refractivity contribution in [1.82, 2.24) is 4.90 Å². The molecule has 0 bridgehead atoms. The Morgan fingerprint density at radius 2 is 2.14 bits per heavy atom. The van der Waals surface area contributed by atoms with E-state index in [1.807, 2.05) is 6.07 Å². The highest BCUT2D eigenvalue weighted by atomic mass is 35.5. The molecular formula is C17H25ClN2O2. The number of nitrogens with one attached hydrogen (secondary N) is 1. The summed E-state index contributed by atoms with van der Waals surface area (Å²) in [6.45, 7) is 5.22. The molecule has 1 aromatic carbocycles. The first kappa shape index (κ1) is 16.1. The molecule has 0 radical (unpaired) electrons. The van der Waals surface area contributed by atoms with Crippen LogP contribution in [0.1, 0.15) is 18.4 Å². The molecule has 1 heterocycles. The maximum absolute atomic E-state index is 6.38. The third-order valence-corrected chi connectivity index (χ3v) is 4.80. The van der Waals surface area contributed by atoms with Gasteiger partial charge in [0.1, 0.15) is 0 Å². The van der Waals surface area contributed by atoms with Gasteiger partial charge in [-0.2, -0.15) is 0 Å². The fourth-order valence-corrected chi connectivity index (χ4v) is 3.15. The normalized spacial score (nSPS) is 20.8. The lowest BCUT2D eigenvalue weighted by atomic mass is 10.1. The zero-order chi connectivity index (χ0) is 15.4. The van der Waals surface area contributed by atoms with Crippen molar-refractivity contribution in [3.8, 4) is 0 Å². The van der Waals surface area contributed by atoms with Gasteiger partial charge in [0.15, 0.2) is 0 Å². The molecule has 0 amide bonds. The molecule has 22 heavy (non-hydrogen) atoms. The molecule has 0 spiro atoms. The lowest BCUT2D eigenvalue weighted by Crippen LogP contribution is -2.35. The number of ether oxygens (including phenoxy) is 2. The first-order valence-electron chi connectivity index (χ1n) is 8.10. The minimum atomic E-state index is 0.405. The number of nitrogens with zero attached hydrogens (tertiary/aromatic N) is 1. The zero-order valence-corrected chi connectivity index (χ0v) is 13.9. The van der Waals surface area contributed by atoms with Crippen LogP contribution in [0, 0.1) is 5.92 Å². The predicted octanol–water partition coefficient (Wildman–Crippen LogP) is 3.01. The van der Waals surface area contributed by atoms with E-state index in [9.17, 15) is 0 Å². The maximum atomic E-state index is 6.38. The minimum absolute atomic E-state index is 0.405. The fourth-order valence-electron chi connectivity index (χ4n) is 2.97. The van der Waals surface area contributed by atoms with E-state index in [0.29, 0.717) is 6.04 Å². The summed E-state index contributed by atoms with van der Waals surface area (Å²) in [7, 11) is 1.77. The number of anilines is 1. The zero-order valence-electron chi connectivity index (χ0n) is 13.2. The van der Waals surface area contributed by atoms with Crippen LogP contribution in [0.15, 0.2) is 18.2 Å². The Hall–Kier alpha value is -0.810. The predicted molar refractivity (Wildman–Crippen MR) is 89.6 cm³/mol. The van der Waals surface area contributed by atoms with Crippen LogP contribution < -0.4 is 5.32 Å². The van der Waals surface area contributed by atoms with Gasteiger partial charge in [0, 0.05) is 37.5 Å². The van der Waals surface area contributed by atoms with Gasteiger partial charge in [0.25, 0.3) is 0 Å². The Balaban J connectivity index is 1.65. The van der Waals surface area contributed by atoms with Crippen molar-refractivity contribution in [2.24, 2.45) is 5.92 Å². The molecule has 1 saturated carbocycles. The van der Waals surface area contributed by atoms with Gasteiger partial charge in [-0.25, -0.2) is 0 Å². The third-order valence-electron chi connectivity index (χ3n) is 4.43. The van der Waals surface area contributed by atoms with E-state index in [1.165, 1.54) is 18.4 Å². The van der Waals surface area contributed by atoms with Gasteiger partial charge in [0.2, 0.25) is 0 Å². The first-order valence-corrected chi connectivity index (χ1v) is 8.48. The summed E-state index contributed by atoms with van der Waals surface area (Å²) in [5.41, 5.74) is 2.32. The molecule has 4 nitrogen and oxygen atoms in total. The van der Waals surface area contributed by atoms with E-state index in [0.717, 1.165) is 56.1 Å². The van der Waals surface area contributed by atoms with Gasteiger partial charge in [-0.05, 0) is 42.5 Å². The van der Waals surface area contributed by atoms with Crippen LogP contribution in [-0.2, 0) is 16.0 Å². The van der Waals surface area contributed by atoms with E-state index in [2.05, 4.69) is 22.3 Å². The Bertz CT molecular complexity index is 488. The van der Waals surface area contributed by atoms with Crippen LogP contribution in [0.25, 0.3) is 0 Å². The third kappa shape index (κ3) is 4.35. The van der Waals surface area contributed by atoms with Crippen molar-refractivity contribution in [2.75, 3.05) is 45.3 Å². The number of rotatable bonds is 7. The number of halogens is 1. The molecule has 2 fully saturated rings.